The second-order valence-corrected chi connectivity index (χ2v) is 6.82. The van der Waals surface area contributed by atoms with Gasteiger partial charge in [0.1, 0.15) is 18.5 Å². The first kappa shape index (κ1) is 17.9. The molecule has 9 nitrogen and oxygen atoms in total. The van der Waals surface area contributed by atoms with Gasteiger partial charge in [0.15, 0.2) is 0 Å². The highest BCUT2D eigenvalue weighted by atomic mass is 16.1. The minimum atomic E-state index is -0.161. The van der Waals surface area contributed by atoms with Crippen molar-refractivity contribution in [3.8, 4) is 5.69 Å². The smallest absolute Gasteiger partial charge is 0.253 e. The molecule has 1 aliphatic heterocycles. The van der Waals surface area contributed by atoms with E-state index in [2.05, 4.69) is 30.4 Å². The Balaban J connectivity index is 1.41. The zero-order valence-corrected chi connectivity index (χ0v) is 15.3. The summed E-state index contributed by atoms with van der Waals surface area (Å²) in [6, 6.07) is 8.87. The Morgan fingerprint density at radius 1 is 1.25 bits per heavy atom. The molecule has 0 saturated carbocycles. The summed E-state index contributed by atoms with van der Waals surface area (Å²) in [6.07, 6.45) is 6.57. The summed E-state index contributed by atoms with van der Waals surface area (Å²) in [5, 5.41) is 10.7. The van der Waals surface area contributed by atoms with Gasteiger partial charge >= 0.3 is 0 Å². The Kier molecular flexibility index (Phi) is 5.14. The molecule has 3 heterocycles. The van der Waals surface area contributed by atoms with E-state index >= 15 is 0 Å². The molecule has 0 unspecified atom stereocenters. The molecule has 4 rings (SSSR count). The topological polar surface area (TPSA) is 109 Å². The van der Waals surface area contributed by atoms with Crippen LogP contribution in [0.2, 0.25) is 0 Å². The van der Waals surface area contributed by atoms with Crippen molar-refractivity contribution in [1.82, 2.24) is 30.0 Å². The zero-order valence-electron chi connectivity index (χ0n) is 15.3. The van der Waals surface area contributed by atoms with Crippen LogP contribution in [0.4, 0.5) is 5.82 Å². The van der Waals surface area contributed by atoms with E-state index in [1.54, 1.807) is 23.3 Å². The van der Waals surface area contributed by atoms with E-state index in [0.717, 1.165) is 31.6 Å². The van der Waals surface area contributed by atoms with Gasteiger partial charge in [-0.15, -0.1) is 10.2 Å². The molecule has 1 atom stereocenters. The first-order valence-electron chi connectivity index (χ1n) is 9.22. The predicted octanol–water partition coefficient (Wildman–Crippen LogP) is 0.997. The average Bonchev–Trinajstić information content (AvgIpc) is 3.27. The normalized spacial score (nSPS) is 16.7. The number of aromatic nitrogens is 5. The maximum absolute atomic E-state index is 12.8. The standard InChI is InChI=1S/C19H21N7O2/c27-18-8-17(21-11-22-18)25-7-3-4-14(10-25)9-20-19(28)15-5-1-2-6-16(15)26-12-23-24-13-26/h1-2,5-6,8,11-14H,3-4,7,9-10H2,(H,20,28)(H,21,22,27)/t14-/m1/s1. The summed E-state index contributed by atoms with van der Waals surface area (Å²) in [5.74, 6) is 0.842. The summed E-state index contributed by atoms with van der Waals surface area (Å²) in [5.41, 5.74) is 1.15. The van der Waals surface area contributed by atoms with Crippen molar-refractivity contribution >= 4 is 11.7 Å². The molecule has 0 bridgehead atoms. The lowest BCUT2D eigenvalue weighted by Crippen LogP contribution is -2.41. The minimum absolute atomic E-state index is 0.129. The zero-order chi connectivity index (χ0) is 19.3. The maximum atomic E-state index is 12.8. The van der Waals surface area contributed by atoms with Crippen LogP contribution in [0.25, 0.3) is 5.69 Å². The number of carbonyl (C=O) groups excluding carboxylic acids is 1. The predicted molar refractivity (Wildman–Crippen MR) is 103 cm³/mol. The number of hydrogen-bond donors (Lipinski definition) is 2. The number of nitrogens with zero attached hydrogens (tertiary/aromatic N) is 5. The second-order valence-electron chi connectivity index (χ2n) is 6.82. The van der Waals surface area contributed by atoms with Crippen LogP contribution in [0, 0.1) is 5.92 Å². The highest BCUT2D eigenvalue weighted by Crippen LogP contribution is 2.20. The molecule has 0 spiro atoms. The molecule has 0 radical (unpaired) electrons. The highest BCUT2D eigenvalue weighted by molar-refractivity contribution is 5.97. The fraction of sp³-hybridized carbons (Fsp3) is 0.316. The summed E-state index contributed by atoms with van der Waals surface area (Å²) in [6.45, 7) is 2.18. The van der Waals surface area contributed by atoms with Gasteiger partial charge < -0.3 is 15.2 Å². The van der Waals surface area contributed by atoms with Crippen LogP contribution in [0.5, 0.6) is 0 Å². The average molecular weight is 379 g/mol. The van der Waals surface area contributed by atoms with Crippen molar-refractivity contribution in [1.29, 1.82) is 0 Å². The summed E-state index contributed by atoms with van der Waals surface area (Å²) in [4.78, 5) is 33.2. The Labute approximate surface area is 161 Å². The van der Waals surface area contributed by atoms with Crippen molar-refractivity contribution in [2.75, 3.05) is 24.5 Å². The molecule has 2 aromatic heterocycles. The summed E-state index contributed by atoms with van der Waals surface area (Å²) < 4.78 is 1.72. The molecule has 1 amide bonds. The van der Waals surface area contributed by atoms with Gasteiger partial charge in [0.2, 0.25) is 0 Å². The largest absolute Gasteiger partial charge is 0.356 e. The number of anilines is 1. The quantitative estimate of drug-likeness (QED) is 0.684. The molecule has 28 heavy (non-hydrogen) atoms. The van der Waals surface area contributed by atoms with Gasteiger partial charge in [-0.25, -0.2) is 4.98 Å². The Bertz CT molecular complexity index is 999. The third-order valence-corrected chi connectivity index (χ3v) is 4.90. The second kappa shape index (κ2) is 8.03. The van der Waals surface area contributed by atoms with E-state index in [9.17, 15) is 9.59 Å². The van der Waals surface area contributed by atoms with Gasteiger partial charge in [0.25, 0.3) is 11.5 Å². The molecule has 1 fully saturated rings. The third kappa shape index (κ3) is 3.93. The number of amides is 1. The number of para-hydroxylation sites is 1. The van der Waals surface area contributed by atoms with Crippen LogP contribution >= 0.6 is 0 Å². The number of carbonyl (C=O) groups is 1. The summed E-state index contributed by atoms with van der Waals surface area (Å²) >= 11 is 0. The van der Waals surface area contributed by atoms with Gasteiger partial charge in [-0.3, -0.25) is 14.2 Å². The SMILES string of the molecule is O=C(NC[C@H]1CCCN(c2cc(=O)[nH]cn2)C1)c1ccccc1-n1cnnc1. The lowest BCUT2D eigenvalue weighted by molar-refractivity contribution is 0.0945. The number of hydrogen-bond acceptors (Lipinski definition) is 6. The number of piperidine rings is 1. The van der Waals surface area contributed by atoms with Gasteiger partial charge in [0, 0.05) is 25.7 Å². The number of benzene rings is 1. The fourth-order valence-corrected chi connectivity index (χ4v) is 3.52. The summed E-state index contributed by atoms with van der Waals surface area (Å²) in [7, 11) is 0. The monoisotopic (exact) mass is 379 g/mol. The molecule has 3 aromatic rings. The van der Waals surface area contributed by atoms with E-state index in [4.69, 9.17) is 0 Å². The van der Waals surface area contributed by atoms with Gasteiger partial charge in [-0.2, -0.15) is 0 Å². The lowest BCUT2D eigenvalue weighted by Gasteiger charge is -2.33. The van der Waals surface area contributed by atoms with Crippen LogP contribution in [0.15, 0.2) is 54.1 Å². The third-order valence-electron chi connectivity index (χ3n) is 4.90. The minimum Gasteiger partial charge on any atom is -0.356 e. The molecular formula is C19H21N7O2. The van der Waals surface area contributed by atoms with Gasteiger partial charge in [-0.1, -0.05) is 12.1 Å². The van der Waals surface area contributed by atoms with Gasteiger partial charge in [0.05, 0.1) is 17.6 Å². The molecule has 2 N–H and O–H groups in total. The van der Waals surface area contributed by atoms with Crippen LogP contribution in [-0.2, 0) is 0 Å². The first-order valence-corrected chi connectivity index (χ1v) is 9.22. The Hall–Kier alpha value is -3.49. The van der Waals surface area contributed by atoms with Crippen molar-refractivity contribution in [3.63, 3.8) is 0 Å². The van der Waals surface area contributed by atoms with Crippen LogP contribution in [0.3, 0.4) is 0 Å². The Morgan fingerprint density at radius 2 is 2.07 bits per heavy atom. The van der Waals surface area contributed by atoms with E-state index in [1.807, 2.05) is 18.2 Å². The van der Waals surface area contributed by atoms with E-state index in [1.165, 1.54) is 12.4 Å². The molecular weight excluding hydrogens is 358 g/mol. The Morgan fingerprint density at radius 3 is 2.89 bits per heavy atom. The van der Waals surface area contributed by atoms with Crippen molar-refractivity contribution < 1.29 is 4.79 Å². The molecule has 1 saturated heterocycles. The molecule has 144 valence electrons. The van der Waals surface area contributed by atoms with Crippen LogP contribution in [0.1, 0.15) is 23.2 Å². The van der Waals surface area contributed by atoms with Crippen LogP contribution in [-0.4, -0.2) is 50.3 Å². The number of nitrogens with one attached hydrogen (secondary N) is 2. The van der Waals surface area contributed by atoms with Gasteiger partial charge in [-0.05, 0) is 30.9 Å². The molecule has 9 heteroatoms. The van der Waals surface area contributed by atoms with E-state index in [0.29, 0.717) is 23.8 Å². The fourth-order valence-electron chi connectivity index (χ4n) is 3.52. The lowest BCUT2D eigenvalue weighted by atomic mass is 9.98. The maximum Gasteiger partial charge on any atom is 0.253 e. The van der Waals surface area contributed by atoms with E-state index in [-0.39, 0.29) is 11.5 Å². The van der Waals surface area contributed by atoms with Crippen LogP contribution < -0.4 is 15.8 Å². The highest BCUT2D eigenvalue weighted by Gasteiger charge is 2.22. The molecule has 1 aromatic carbocycles. The molecule has 0 aliphatic carbocycles. The number of aromatic amines is 1. The van der Waals surface area contributed by atoms with Crippen molar-refractivity contribution in [2.24, 2.45) is 5.92 Å². The van der Waals surface area contributed by atoms with Crippen molar-refractivity contribution in [2.45, 2.75) is 12.8 Å². The number of rotatable bonds is 5. The number of H-pyrrole nitrogens is 1. The van der Waals surface area contributed by atoms with Crippen molar-refractivity contribution in [3.05, 3.63) is 65.2 Å². The van der Waals surface area contributed by atoms with E-state index < -0.39 is 0 Å². The molecule has 1 aliphatic rings. The first-order chi connectivity index (χ1) is 13.7.